The highest BCUT2D eigenvalue weighted by molar-refractivity contribution is 7.89. The average molecular weight is 331 g/mol. The molecule has 1 heterocycles. The van der Waals surface area contributed by atoms with Gasteiger partial charge in [-0.2, -0.15) is 4.31 Å². The van der Waals surface area contributed by atoms with Crippen LogP contribution in [0.5, 0.6) is 0 Å². The molecule has 0 aromatic heterocycles. The highest BCUT2D eigenvalue weighted by atomic mass is 32.2. The first-order valence-corrected chi connectivity index (χ1v) is 9.31. The van der Waals surface area contributed by atoms with Gasteiger partial charge in [-0.15, -0.1) is 0 Å². The van der Waals surface area contributed by atoms with Crippen molar-refractivity contribution in [1.82, 2.24) is 4.31 Å². The Balaban J connectivity index is 1.81. The van der Waals surface area contributed by atoms with Gasteiger partial charge in [-0.3, -0.25) is 0 Å². The minimum Gasteiger partial charge on any atom is -0.371 e. The average Bonchev–Trinajstić information content (AvgIpc) is 2.62. The predicted octanol–water partition coefficient (Wildman–Crippen LogP) is 3.01. The van der Waals surface area contributed by atoms with Gasteiger partial charge in [-0.25, -0.2) is 8.42 Å². The molecule has 122 valence electrons. The van der Waals surface area contributed by atoms with Crippen LogP contribution in [0.4, 0.5) is 0 Å². The summed E-state index contributed by atoms with van der Waals surface area (Å²) in [4.78, 5) is 0.350. The van der Waals surface area contributed by atoms with E-state index in [1.807, 2.05) is 42.5 Å². The smallest absolute Gasteiger partial charge is 0.243 e. The molecule has 0 spiro atoms. The fraction of sp³-hybridized carbons (Fsp3) is 0.333. The molecule has 4 nitrogen and oxygen atoms in total. The molecule has 0 N–H and O–H groups in total. The first-order chi connectivity index (χ1) is 11.1. The molecule has 5 heteroatoms. The van der Waals surface area contributed by atoms with Gasteiger partial charge in [0, 0.05) is 13.1 Å². The van der Waals surface area contributed by atoms with E-state index in [1.54, 1.807) is 12.1 Å². The summed E-state index contributed by atoms with van der Waals surface area (Å²) in [5, 5.41) is 0. The molecule has 0 saturated carbocycles. The van der Waals surface area contributed by atoms with E-state index in [1.165, 1.54) is 4.31 Å². The Kier molecular flexibility index (Phi) is 4.80. The number of benzene rings is 2. The van der Waals surface area contributed by atoms with Gasteiger partial charge in [0.25, 0.3) is 0 Å². The third-order valence-electron chi connectivity index (χ3n) is 4.17. The second kappa shape index (κ2) is 6.83. The van der Waals surface area contributed by atoms with Gasteiger partial charge in [0.15, 0.2) is 0 Å². The van der Waals surface area contributed by atoms with Crippen LogP contribution in [0.1, 0.15) is 24.2 Å². The number of aryl methyl sites for hydroxylation is 1. The summed E-state index contributed by atoms with van der Waals surface area (Å²) in [5.74, 6) is 0. The lowest BCUT2D eigenvalue weighted by atomic mass is 10.1. The van der Waals surface area contributed by atoms with E-state index in [4.69, 9.17) is 4.74 Å². The van der Waals surface area contributed by atoms with Crippen molar-refractivity contribution in [2.24, 2.45) is 0 Å². The third kappa shape index (κ3) is 3.47. The van der Waals surface area contributed by atoms with Gasteiger partial charge >= 0.3 is 0 Å². The van der Waals surface area contributed by atoms with Crippen LogP contribution >= 0.6 is 0 Å². The summed E-state index contributed by atoms with van der Waals surface area (Å²) in [5.41, 5.74) is 2.14. The standard InChI is InChI=1S/C18H21NO3S/c1-2-15-8-10-17(11-9-15)23(20,21)19-12-13-22-18(14-19)16-6-4-3-5-7-16/h3-11,18H,2,12-14H2,1H3/t18-/m1/s1. The number of nitrogens with zero attached hydrogens (tertiary/aromatic N) is 1. The first kappa shape index (κ1) is 16.2. The Hall–Kier alpha value is -1.69. The maximum absolute atomic E-state index is 12.8. The SMILES string of the molecule is CCc1ccc(S(=O)(=O)N2CCO[C@@H](c3ccccc3)C2)cc1. The molecule has 1 saturated heterocycles. The quantitative estimate of drug-likeness (QED) is 0.865. The van der Waals surface area contributed by atoms with Gasteiger partial charge in [0.05, 0.1) is 17.6 Å². The lowest BCUT2D eigenvalue weighted by molar-refractivity contribution is -0.00255. The van der Waals surface area contributed by atoms with Crippen LogP contribution in [0.2, 0.25) is 0 Å². The van der Waals surface area contributed by atoms with Gasteiger partial charge < -0.3 is 4.74 Å². The number of morpholine rings is 1. The number of sulfonamides is 1. The molecule has 0 amide bonds. The van der Waals surface area contributed by atoms with E-state index in [0.29, 0.717) is 24.6 Å². The van der Waals surface area contributed by atoms with Crippen molar-refractivity contribution in [2.75, 3.05) is 19.7 Å². The Labute approximate surface area is 137 Å². The van der Waals surface area contributed by atoms with Gasteiger partial charge in [-0.1, -0.05) is 49.4 Å². The second-order valence-electron chi connectivity index (χ2n) is 5.63. The summed E-state index contributed by atoms with van der Waals surface area (Å²) in [6.07, 6.45) is 0.683. The van der Waals surface area contributed by atoms with Crippen molar-refractivity contribution in [3.63, 3.8) is 0 Å². The monoisotopic (exact) mass is 331 g/mol. The van der Waals surface area contributed by atoms with Crippen LogP contribution in [0.3, 0.4) is 0 Å². The minimum atomic E-state index is -3.47. The zero-order valence-corrected chi connectivity index (χ0v) is 14.0. The lowest BCUT2D eigenvalue weighted by Crippen LogP contribution is -2.42. The molecule has 0 unspecified atom stereocenters. The molecule has 23 heavy (non-hydrogen) atoms. The molecule has 1 atom stereocenters. The van der Waals surface area contributed by atoms with E-state index >= 15 is 0 Å². The van der Waals surface area contributed by atoms with E-state index in [2.05, 4.69) is 6.92 Å². The molecule has 3 rings (SSSR count). The van der Waals surface area contributed by atoms with Crippen molar-refractivity contribution < 1.29 is 13.2 Å². The van der Waals surface area contributed by atoms with Crippen molar-refractivity contribution in [1.29, 1.82) is 0 Å². The third-order valence-corrected chi connectivity index (χ3v) is 6.05. The van der Waals surface area contributed by atoms with Gasteiger partial charge in [-0.05, 0) is 29.7 Å². The number of rotatable bonds is 4. The number of hydrogen-bond donors (Lipinski definition) is 0. The molecule has 2 aromatic carbocycles. The lowest BCUT2D eigenvalue weighted by Gasteiger charge is -2.32. The van der Waals surface area contributed by atoms with E-state index < -0.39 is 10.0 Å². The Bertz CT molecular complexity index is 742. The van der Waals surface area contributed by atoms with E-state index in [9.17, 15) is 8.42 Å². The topological polar surface area (TPSA) is 46.6 Å². The van der Waals surface area contributed by atoms with E-state index in [-0.39, 0.29) is 6.10 Å². The van der Waals surface area contributed by atoms with Crippen LogP contribution in [-0.2, 0) is 21.2 Å². The van der Waals surface area contributed by atoms with Crippen molar-refractivity contribution in [2.45, 2.75) is 24.3 Å². The molecular formula is C18H21NO3S. The maximum atomic E-state index is 12.8. The summed E-state index contributed by atoms with van der Waals surface area (Å²) in [7, 11) is -3.47. The van der Waals surface area contributed by atoms with E-state index in [0.717, 1.165) is 17.5 Å². The minimum absolute atomic E-state index is 0.213. The normalized spacial score (nSPS) is 19.6. The highest BCUT2D eigenvalue weighted by Crippen LogP contribution is 2.26. The Morgan fingerprint density at radius 1 is 1.09 bits per heavy atom. The Morgan fingerprint density at radius 2 is 1.78 bits per heavy atom. The molecule has 0 radical (unpaired) electrons. The van der Waals surface area contributed by atoms with Crippen molar-refractivity contribution in [3.8, 4) is 0 Å². The number of hydrogen-bond acceptors (Lipinski definition) is 3. The summed E-state index contributed by atoms with van der Waals surface area (Å²) in [6.45, 7) is 3.20. The van der Waals surface area contributed by atoms with Crippen LogP contribution < -0.4 is 0 Å². The van der Waals surface area contributed by atoms with Crippen molar-refractivity contribution >= 4 is 10.0 Å². The molecule has 1 aliphatic rings. The second-order valence-corrected chi connectivity index (χ2v) is 7.57. The van der Waals surface area contributed by atoms with Gasteiger partial charge in [0.1, 0.15) is 0 Å². The number of ether oxygens (including phenoxy) is 1. The van der Waals surface area contributed by atoms with Crippen LogP contribution in [0.15, 0.2) is 59.5 Å². The fourth-order valence-electron chi connectivity index (χ4n) is 2.76. The van der Waals surface area contributed by atoms with Crippen LogP contribution in [0.25, 0.3) is 0 Å². The summed E-state index contributed by atoms with van der Waals surface area (Å²) < 4.78 is 32.9. The molecular weight excluding hydrogens is 310 g/mol. The molecule has 0 bridgehead atoms. The molecule has 2 aromatic rings. The maximum Gasteiger partial charge on any atom is 0.243 e. The largest absolute Gasteiger partial charge is 0.371 e. The summed E-state index contributed by atoms with van der Waals surface area (Å²) >= 11 is 0. The highest BCUT2D eigenvalue weighted by Gasteiger charge is 2.31. The fourth-order valence-corrected chi connectivity index (χ4v) is 4.18. The predicted molar refractivity (Wildman–Crippen MR) is 89.7 cm³/mol. The molecule has 0 aliphatic carbocycles. The van der Waals surface area contributed by atoms with Crippen LogP contribution in [-0.4, -0.2) is 32.4 Å². The molecule has 1 aliphatic heterocycles. The zero-order valence-electron chi connectivity index (χ0n) is 13.2. The zero-order chi connectivity index (χ0) is 16.3. The summed E-state index contributed by atoms with van der Waals surface area (Å²) in [6, 6.07) is 16.9. The molecule has 1 fully saturated rings. The van der Waals surface area contributed by atoms with Crippen molar-refractivity contribution in [3.05, 3.63) is 65.7 Å². The van der Waals surface area contributed by atoms with Crippen LogP contribution in [0, 0.1) is 0 Å². The Morgan fingerprint density at radius 3 is 2.43 bits per heavy atom. The van der Waals surface area contributed by atoms with Gasteiger partial charge in [0.2, 0.25) is 10.0 Å². The first-order valence-electron chi connectivity index (χ1n) is 7.87.